The van der Waals surface area contributed by atoms with Gasteiger partial charge in [0.2, 0.25) is 0 Å². The summed E-state index contributed by atoms with van der Waals surface area (Å²) in [7, 11) is 2.04. The van der Waals surface area contributed by atoms with Gasteiger partial charge < -0.3 is 9.88 Å². The molecular formula is C12H23N3. The van der Waals surface area contributed by atoms with Gasteiger partial charge in [0.1, 0.15) is 5.82 Å². The molecule has 0 saturated heterocycles. The first kappa shape index (κ1) is 12.2. The van der Waals surface area contributed by atoms with Gasteiger partial charge in [-0.15, -0.1) is 0 Å². The second kappa shape index (κ2) is 5.91. The van der Waals surface area contributed by atoms with Gasteiger partial charge in [0.05, 0.1) is 0 Å². The largest absolute Gasteiger partial charge is 0.338 e. The fraction of sp³-hybridized carbons (Fsp3) is 0.750. The number of nitrogens with one attached hydrogen (secondary N) is 1. The van der Waals surface area contributed by atoms with Crippen LogP contribution in [0.25, 0.3) is 0 Å². The van der Waals surface area contributed by atoms with Crippen LogP contribution in [-0.4, -0.2) is 22.1 Å². The molecule has 1 aromatic rings. The minimum absolute atomic E-state index is 0.602. The van der Waals surface area contributed by atoms with Crippen molar-refractivity contribution in [2.45, 2.75) is 39.7 Å². The van der Waals surface area contributed by atoms with Gasteiger partial charge in [-0.2, -0.15) is 0 Å². The minimum atomic E-state index is 0.602. The van der Waals surface area contributed by atoms with E-state index in [1.54, 1.807) is 0 Å². The summed E-state index contributed by atoms with van der Waals surface area (Å²) in [4.78, 5) is 4.30. The Bertz CT molecular complexity index is 278. The van der Waals surface area contributed by atoms with Gasteiger partial charge in [0, 0.05) is 38.4 Å². The Balaban J connectivity index is 2.19. The maximum atomic E-state index is 4.30. The smallest absolute Gasteiger partial charge is 0.109 e. The molecule has 86 valence electrons. The lowest BCUT2D eigenvalue weighted by Crippen LogP contribution is -2.29. The van der Waals surface area contributed by atoms with E-state index < -0.39 is 0 Å². The van der Waals surface area contributed by atoms with Gasteiger partial charge in [0.15, 0.2) is 0 Å². The van der Waals surface area contributed by atoms with Crippen molar-refractivity contribution < 1.29 is 0 Å². The average molecular weight is 209 g/mol. The maximum Gasteiger partial charge on any atom is 0.109 e. The van der Waals surface area contributed by atoms with Crippen LogP contribution in [0.15, 0.2) is 12.4 Å². The molecule has 1 atom stereocenters. The number of aromatic nitrogens is 2. The van der Waals surface area contributed by atoms with Crippen molar-refractivity contribution in [3.05, 3.63) is 18.2 Å². The number of hydrogen-bond acceptors (Lipinski definition) is 2. The third-order valence-corrected chi connectivity index (χ3v) is 2.59. The van der Waals surface area contributed by atoms with Gasteiger partial charge >= 0.3 is 0 Å². The highest BCUT2D eigenvalue weighted by Gasteiger charge is 2.04. The first-order valence-corrected chi connectivity index (χ1v) is 5.79. The average Bonchev–Trinajstić information content (AvgIpc) is 2.50. The van der Waals surface area contributed by atoms with E-state index in [0.717, 1.165) is 24.7 Å². The van der Waals surface area contributed by atoms with Crippen LogP contribution < -0.4 is 5.32 Å². The van der Waals surface area contributed by atoms with Crippen LogP contribution in [0.2, 0.25) is 0 Å². The molecule has 0 saturated carbocycles. The topological polar surface area (TPSA) is 29.9 Å². The highest BCUT2D eigenvalue weighted by Crippen LogP contribution is 2.03. The normalized spacial score (nSPS) is 13.4. The van der Waals surface area contributed by atoms with E-state index in [9.17, 15) is 0 Å². The molecule has 3 heteroatoms. The van der Waals surface area contributed by atoms with E-state index in [1.807, 2.05) is 19.4 Å². The molecule has 1 rings (SSSR count). The van der Waals surface area contributed by atoms with E-state index in [0.29, 0.717) is 6.04 Å². The SMILES string of the molecule is CC(C)CC(C)NCCc1nccn1C. The molecule has 0 aromatic carbocycles. The summed E-state index contributed by atoms with van der Waals surface area (Å²) >= 11 is 0. The Labute approximate surface area is 92.9 Å². The molecule has 1 heterocycles. The van der Waals surface area contributed by atoms with Gasteiger partial charge in [-0.3, -0.25) is 0 Å². The Morgan fingerprint density at radius 1 is 1.40 bits per heavy atom. The lowest BCUT2D eigenvalue weighted by molar-refractivity contribution is 0.442. The molecule has 0 spiro atoms. The lowest BCUT2D eigenvalue weighted by atomic mass is 10.1. The molecule has 0 amide bonds. The van der Waals surface area contributed by atoms with Crippen molar-refractivity contribution in [1.29, 1.82) is 0 Å². The quantitative estimate of drug-likeness (QED) is 0.776. The van der Waals surface area contributed by atoms with Crippen LogP contribution in [0, 0.1) is 5.92 Å². The number of rotatable bonds is 6. The molecule has 0 bridgehead atoms. The van der Waals surface area contributed by atoms with Crippen LogP contribution in [0.4, 0.5) is 0 Å². The first-order chi connectivity index (χ1) is 7.09. The fourth-order valence-corrected chi connectivity index (χ4v) is 1.86. The third-order valence-electron chi connectivity index (χ3n) is 2.59. The van der Waals surface area contributed by atoms with E-state index in [1.165, 1.54) is 6.42 Å². The van der Waals surface area contributed by atoms with Gasteiger partial charge in [-0.1, -0.05) is 13.8 Å². The Hall–Kier alpha value is -0.830. The summed E-state index contributed by atoms with van der Waals surface area (Å²) in [6, 6.07) is 0.602. The second-order valence-corrected chi connectivity index (χ2v) is 4.69. The monoisotopic (exact) mass is 209 g/mol. The van der Waals surface area contributed by atoms with Crippen LogP contribution >= 0.6 is 0 Å². The van der Waals surface area contributed by atoms with Crippen LogP contribution in [0.3, 0.4) is 0 Å². The summed E-state index contributed by atoms with van der Waals surface area (Å²) in [6.07, 6.45) is 6.09. The van der Waals surface area contributed by atoms with E-state index in [-0.39, 0.29) is 0 Å². The predicted molar refractivity (Wildman–Crippen MR) is 63.8 cm³/mol. The van der Waals surface area contributed by atoms with Crippen molar-refractivity contribution in [2.75, 3.05) is 6.54 Å². The Morgan fingerprint density at radius 2 is 2.13 bits per heavy atom. The van der Waals surface area contributed by atoms with Crippen molar-refractivity contribution in [3.8, 4) is 0 Å². The Kier molecular flexibility index (Phi) is 4.82. The minimum Gasteiger partial charge on any atom is -0.338 e. The summed E-state index contributed by atoms with van der Waals surface area (Å²) < 4.78 is 2.08. The maximum absolute atomic E-state index is 4.30. The second-order valence-electron chi connectivity index (χ2n) is 4.69. The van der Waals surface area contributed by atoms with Gasteiger partial charge in [-0.05, 0) is 19.3 Å². The standard InChI is InChI=1S/C12H23N3/c1-10(2)9-11(3)13-6-5-12-14-7-8-15(12)4/h7-8,10-11,13H,5-6,9H2,1-4H3. The van der Waals surface area contributed by atoms with Gasteiger partial charge in [-0.25, -0.2) is 4.98 Å². The molecular weight excluding hydrogens is 186 g/mol. The van der Waals surface area contributed by atoms with Crippen LogP contribution in [-0.2, 0) is 13.5 Å². The molecule has 0 aliphatic rings. The predicted octanol–water partition coefficient (Wildman–Crippen LogP) is 1.99. The Morgan fingerprint density at radius 3 is 2.67 bits per heavy atom. The highest BCUT2D eigenvalue weighted by atomic mass is 15.0. The fourth-order valence-electron chi connectivity index (χ4n) is 1.86. The zero-order chi connectivity index (χ0) is 11.3. The summed E-state index contributed by atoms with van der Waals surface area (Å²) in [5, 5.41) is 3.53. The zero-order valence-corrected chi connectivity index (χ0v) is 10.3. The third kappa shape index (κ3) is 4.47. The van der Waals surface area contributed by atoms with Crippen molar-refractivity contribution >= 4 is 0 Å². The van der Waals surface area contributed by atoms with Gasteiger partial charge in [0.25, 0.3) is 0 Å². The summed E-state index contributed by atoms with van der Waals surface area (Å²) in [6.45, 7) is 7.78. The zero-order valence-electron chi connectivity index (χ0n) is 10.3. The molecule has 0 fully saturated rings. The van der Waals surface area contributed by atoms with E-state index in [4.69, 9.17) is 0 Å². The number of nitrogens with zero attached hydrogens (tertiary/aromatic N) is 2. The van der Waals surface area contributed by atoms with E-state index in [2.05, 4.69) is 35.6 Å². The molecule has 0 radical (unpaired) electrons. The lowest BCUT2D eigenvalue weighted by Gasteiger charge is -2.15. The molecule has 1 unspecified atom stereocenters. The first-order valence-electron chi connectivity index (χ1n) is 5.79. The summed E-state index contributed by atoms with van der Waals surface area (Å²) in [5.74, 6) is 1.92. The van der Waals surface area contributed by atoms with Crippen LogP contribution in [0.5, 0.6) is 0 Å². The molecule has 1 aromatic heterocycles. The molecule has 1 N–H and O–H groups in total. The molecule has 15 heavy (non-hydrogen) atoms. The molecule has 0 aliphatic carbocycles. The summed E-state index contributed by atoms with van der Waals surface area (Å²) in [5.41, 5.74) is 0. The van der Waals surface area contributed by atoms with E-state index >= 15 is 0 Å². The molecule has 3 nitrogen and oxygen atoms in total. The number of aryl methyl sites for hydroxylation is 1. The molecule has 0 aliphatic heterocycles. The number of imidazole rings is 1. The van der Waals surface area contributed by atoms with Crippen molar-refractivity contribution in [2.24, 2.45) is 13.0 Å². The van der Waals surface area contributed by atoms with Crippen LogP contribution in [0.1, 0.15) is 33.0 Å². The highest BCUT2D eigenvalue weighted by molar-refractivity contribution is 4.91. The van der Waals surface area contributed by atoms with Crippen molar-refractivity contribution in [1.82, 2.24) is 14.9 Å². The van der Waals surface area contributed by atoms with Crippen molar-refractivity contribution in [3.63, 3.8) is 0 Å². The number of hydrogen-bond donors (Lipinski definition) is 1.